The second-order valence-electron chi connectivity index (χ2n) is 16.2. The summed E-state index contributed by atoms with van der Waals surface area (Å²) >= 11 is 0. The molecular formula is C44H51N7O4. The number of benzene rings is 3. The molecule has 5 aromatic rings. The Balaban J connectivity index is 0.920. The Labute approximate surface area is 322 Å². The van der Waals surface area contributed by atoms with E-state index in [0.29, 0.717) is 31.9 Å². The Morgan fingerprint density at radius 3 is 2.38 bits per heavy atom. The Bertz CT molecular complexity index is 2150. The molecule has 2 aliphatic rings. The molecule has 0 radical (unpaired) electrons. The molecule has 0 saturated carbocycles. The molecule has 4 heterocycles. The van der Waals surface area contributed by atoms with Crippen molar-refractivity contribution in [2.24, 2.45) is 5.41 Å². The van der Waals surface area contributed by atoms with E-state index in [0.717, 1.165) is 77.2 Å². The smallest absolute Gasteiger partial charge is 0.249 e. The van der Waals surface area contributed by atoms with Crippen molar-refractivity contribution in [3.8, 4) is 22.4 Å². The number of hydrogen-bond acceptors (Lipinski definition) is 8. The number of nitrogens with one attached hydrogen (secondary N) is 3. The first-order chi connectivity index (χ1) is 26.5. The van der Waals surface area contributed by atoms with Crippen LogP contribution in [0.2, 0.25) is 0 Å². The molecule has 2 fully saturated rings. The maximum absolute atomic E-state index is 12.3. The number of amides is 3. The van der Waals surface area contributed by atoms with E-state index in [1.807, 2.05) is 22.7 Å². The van der Waals surface area contributed by atoms with E-state index in [1.165, 1.54) is 11.1 Å². The van der Waals surface area contributed by atoms with Crippen molar-refractivity contribution in [3.05, 3.63) is 108 Å². The molecule has 2 aromatic heterocycles. The van der Waals surface area contributed by atoms with E-state index in [2.05, 4.69) is 119 Å². The minimum absolute atomic E-state index is 0.0189. The van der Waals surface area contributed by atoms with E-state index in [-0.39, 0.29) is 35.8 Å². The summed E-state index contributed by atoms with van der Waals surface area (Å²) < 4.78 is 7.45. The molecule has 3 aromatic carbocycles. The van der Waals surface area contributed by atoms with Crippen molar-refractivity contribution in [3.63, 3.8) is 0 Å². The monoisotopic (exact) mass is 741 g/mol. The summed E-state index contributed by atoms with van der Waals surface area (Å²) in [5, 5.41) is 13.2. The van der Waals surface area contributed by atoms with Gasteiger partial charge in [-0.3, -0.25) is 24.6 Å². The van der Waals surface area contributed by atoms with Crippen molar-refractivity contribution >= 4 is 28.9 Å². The van der Waals surface area contributed by atoms with Crippen LogP contribution < -0.4 is 16.0 Å². The molecule has 0 aliphatic carbocycles. The first-order valence-electron chi connectivity index (χ1n) is 19.3. The molecule has 2 saturated heterocycles. The Morgan fingerprint density at radius 1 is 0.927 bits per heavy atom. The molecule has 1 unspecified atom stereocenters. The van der Waals surface area contributed by atoms with E-state index in [9.17, 15) is 14.4 Å². The van der Waals surface area contributed by atoms with Gasteiger partial charge in [0, 0.05) is 42.5 Å². The van der Waals surface area contributed by atoms with Gasteiger partial charge >= 0.3 is 0 Å². The highest BCUT2D eigenvalue weighted by atomic mass is 16.5. The number of imide groups is 1. The van der Waals surface area contributed by atoms with E-state index in [4.69, 9.17) is 4.74 Å². The van der Waals surface area contributed by atoms with Gasteiger partial charge in [-0.15, -0.1) is 0 Å². The molecular weight excluding hydrogens is 691 g/mol. The zero-order valence-corrected chi connectivity index (χ0v) is 32.2. The van der Waals surface area contributed by atoms with Gasteiger partial charge < -0.3 is 15.4 Å². The molecule has 0 spiro atoms. The Morgan fingerprint density at radius 2 is 1.67 bits per heavy atom. The minimum Gasteiger partial charge on any atom is -0.374 e. The lowest BCUT2D eigenvalue weighted by Crippen LogP contribution is -2.47. The van der Waals surface area contributed by atoms with E-state index >= 15 is 0 Å². The third-order valence-corrected chi connectivity index (χ3v) is 10.5. The van der Waals surface area contributed by atoms with Crippen molar-refractivity contribution in [1.82, 2.24) is 30.1 Å². The number of hydrogen-bond donors (Lipinski definition) is 3. The number of likely N-dealkylation sites (tertiary alicyclic amines) is 1. The number of carbonyl (C=O) groups is 3. The lowest BCUT2D eigenvalue weighted by atomic mass is 9.89. The van der Waals surface area contributed by atoms with Crippen molar-refractivity contribution in [2.75, 3.05) is 31.6 Å². The van der Waals surface area contributed by atoms with Gasteiger partial charge in [-0.1, -0.05) is 69.3 Å². The summed E-state index contributed by atoms with van der Waals surface area (Å²) in [7, 11) is 0. The van der Waals surface area contributed by atoms with Crippen LogP contribution in [0.4, 0.5) is 5.69 Å². The zero-order valence-electron chi connectivity index (χ0n) is 32.2. The molecule has 7 rings (SSSR count). The fraction of sp³-hybridized carbons (Fsp3) is 0.386. The van der Waals surface area contributed by atoms with Crippen LogP contribution in [0.3, 0.4) is 0 Å². The van der Waals surface area contributed by atoms with Gasteiger partial charge in [-0.05, 0) is 103 Å². The van der Waals surface area contributed by atoms with Crippen LogP contribution in [0.15, 0.2) is 85.3 Å². The largest absolute Gasteiger partial charge is 0.374 e. The zero-order chi connectivity index (χ0) is 38.5. The summed E-state index contributed by atoms with van der Waals surface area (Å²) in [6.45, 7) is 12.3. The van der Waals surface area contributed by atoms with E-state index in [1.54, 1.807) is 6.33 Å². The number of anilines is 1. The average Bonchev–Trinajstić information content (AvgIpc) is 3.61. The fourth-order valence-corrected chi connectivity index (χ4v) is 7.42. The van der Waals surface area contributed by atoms with Crippen molar-refractivity contribution in [1.29, 1.82) is 0 Å². The normalized spacial score (nSPS) is 17.0. The molecule has 1 atom stereocenters. The Kier molecular flexibility index (Phi) is 11.4. The molecule has 11 nitrogen and oxygen atoms in total. The summed E-state index contributed by atoms with van der Waals surface area (Å²) in [5.41, 5.74) is 10.7. The summed E-state index contributed by atoms with van der Waals surface area (Å²) in [6, 6.07) is 25.2. The molecule has 11 heteroatoms. The summed E-state index contributed by atoms with van der Waals surface area (Å²) in [6.07, 6.45) is 6.73. The van der Waals surface area contributed by atoms with Gasteiger partial charge in [-0.2, -0.15) is 5.10 Å². The SMILES string of the molecule is Cc1cc(-c2ncnn3cc(-c4ccc(CN5CCC(c6ccc(NC7CCC(=O)NC7=O)cc6)CC5)cc4)cc23)ccc1CNC(=O)COCC(C)(C)C. The molecule has 2 aliphatic heterocycles. The highest BCUT2D eigenvalue weighted by molar-refractivity contribution is 6.01. The molecule has 3 amide bonds. The highest BCUT2D eigenvalue weighted by Crippen LogP contribution is 2.32. The number of rotatable bonds is 12. The number of aromatic nitrogens is 3. The second-order valence-corrected chi connectivity index (χ2v) is 16.2. The van der Waals surface area contributed by atoms with Gasteiger partial charge in [-0.25, -0.2) is 9.50 Å². The van der Waals surface area contributed by atoms with Crippen molar-refractivity contribution < 1.29 is 19.1 Å². The molecule has 3 N–H and O–H groups in total. The van der Waals surface area contributed by atoms with Crippen LogP contribution in [0.1, 0.15) is 74.6 Å². The predicted molar refractivity (Wildman–Crippen MR) is 214 cm³/mol. The van der Waals surface area contributed by atoms with E-state index < -0.39 is 0 Å². The first kappa shape index (κ1) is 37.9. The molecule has 286 valence electrons. The summed E-state index contributed by atoms with van der Waals surface area (Å²) in [5.74, 6) is -0.0634. The first-order valence-corrected chi connectivity index (χ1v) is 19.3. The number of nitrogens with zero attached hydrogens (tertiary/aromatic N) is 4. The van der Waals surface area contributed by atoms with Crippen LogP contribution in [-0.4, -0.2) is 69.6 Å². The maximum atomic E-state index is 12.3. The maximum Gasteiger partial charge on any atom is 0.249 e. The summed E-state index contributed by atoms with van der Waals surface area (Å²) in [4.78, 5) is 43.1. The standard InChI is InChI=1S/C44H51N7O4/c1-29-21-34(9-10-35(29)23-45-41(53)26-55-27-44(2,3)4)42-39-22-36(25-51(39)47-28-46-42)32-7-5-30(6-8-32)24-50-19-17-33(18-20-50)31-11-13-37(14-12-31)48-38-15-16-40(52)49-43(38)54/h5-14,21-22,25,28,33,38,48H,15-20,23-24,26-27H2,1-4H3,(H,45,53)(H,49,52,54). The second kappa shape index (κ2) is 16.5. The van der Waals surface area contributed by atoms with Gasteiger partial charge in [0.1, 0.15) is 19.0 Å². The quantitative estimate of drug-likeness (QED) is 0.121. The van der Waals surface area contributed by atoms with Gasteiger partial charge in [0.15, 0.2) is 0 Å². The number of aryl methyl sites for hydroxylation is 1. The predicted octanol–water partition coefficient (Wildman–Crippen LogP) is 6.65. The van der Waals surface area contributed by atoms with Crippen LogP contribution >= 0.6 is 0 Å². The third kappa shape index (κ3) is 9.65. The number of carbonyl (C=O) groups excluding carboxylic acids is 3. The lowest BCUT2D eigenvalue weighted by Gasteiger charge is -2.32. The average molecular weight is 742 g/mol. The fourth-order valence-electron chi connectivity index (χ4n) is 7.42. The van der Waals surface area contributed by atoms with Gasteiger partial charge in [0.05, 0.1) is 17.8 Å². The molecule has 55 heavy (non-hydrogen) atoms. The van der Waals surface area contributed by atoms with Crippen LogP contribution in [0.25, 0.3) is 27.9 Å². The van der Waals surface area contributed by atoms with Gasteiger partial charge in [0.2, 0.25) is 17.7 Å². The number of piperidine rings is 2. The van der Waals surface area contributed by atoms with Crippen LogP contribution in [0, 0.1) is 12.3 Å². The lowest BCUT2D eigenvalue weighted by molar-refractivity contribution is -0.133. The van der Waals surface area contributed by atoms with Gasteiger partial charge in [0.25, 0.3) is 0 Å². The topological polar surface area (TPSA) is 130 Å². The van der Waals surface area contributed by atoms with Crippen LogP contribution in [-0.2, 0) is 32.2 Å². The number of fused-ring (bicyclic) bond motifs is 1. The Hall–Kier alpha value is -5.39. The number of ether oxygens (including phenoxy) is 1. The highest BCUT2D eigenvalue weighted by Gasteiger charge is 2.27. The molecule has 0 bridgehead atoms. The minimum atomic E-state index is -0.371. The van der Waals surface area contributed by atoms with Crippen molar-refractivity contribution in [2.45, 2.75) is 78.4 Å². The van der Waals surface area contributed by atoms with Crippen LogP contribution in [0.5, 0.6) is 0 Å². The third-order valence-electron chi connectivity index (χ3n) is 10.5.